The van der Waals surface area contributed by atoms with Crippen molar-refractivity contribution in [1.29, 1.82) is 0 Å². The lowest BCUT2D eigenvalue weighted by molar-refractivity contribution is -0.152. The zero-order valence-electron chi connectivity index (χ0n) is 12.7. The Morgan fingerprint density at radius 3 is 2.86 bits per heavy atom. The Kier molecular flexibility index (Phi) is 4.05. The summed E-state index contributed by atoms with van der Waals surface area (Å²) < 4.78 is 5.22. The molecule has 1 saturated carbocycles. The predicted octanol–water partition coefficient (Wildman–Crippen LogP) is 2.26. The first-order chi connectivity index (χ1) is 10.6. The van der Waals surface area contributed by atoms with E-state index in [1.54, 1.807) is 12.0 Å². The lowest BCUT2D eigenvalue weighted by Crippen LogP contribution is -2.48. The molecule has 1 aliphatic carbocycles. The van der Waals surface area contributed by atoms with Gasteiger partial charge in [-0.2, -0.15) is 0 Å². The van der Waals surface area contributed by atoms with E-state index >= 15 is 0 Å². The number of amides is 1. The summed E-state index contributed by atoms with van der Waals surface area (Å²) in [6, 6.07) is 7.13. The molecule has 0 aromatic heterocycles. The van der Waals surface area contributed by atoms with Crippen molar-refractivity contribution in [3.8, 4) is 5.75 Å². The number of piperidine rings is 1. The third-order valence-electron chi connectivity index (χ3n) is 4.70. The van der Waals surface area contributed by atoms with Gasteiger partial charge in [0.15, 0.2) is 0 Å². The molecule has 5 nitrogen and oxygen atoms in total. The molecule has 1 saturated heterocycles. The second-order valence-corrected chi connectivity index (χ2v) is 6.11. The van der Waals surface area contributed by atoms with Crippen LogP contribution in [-0.2, 0) is 9.59 Å². The first-order valence-corrected chi connectivity index (χ1v) is 7.79. The van der Waals surface area contributed by atoms with Crippen LogP contribution in [0.3, 0.4) is 0 Å². The number of nitrogens with zero attached hydrogens (tertiary/aromatic N) is 1. The molecule has 1 heterocycles. The van der Waals surface area contributed by atoms with Crippen molar-refractivity contribution >= 4 is 11.9 Å². The highest BCUT2D eigenvalue weighted by Gasteiger charge is 2.48. The highest BCUT2D eigenvalue weighted by atomic mass is 16.5. The summed E-state index contributed by atoms with van der Waals surface area (Å²) in [5.74, 6) is 0.0227. The first-order valence-electron chi connectivity index (χ1n) is 7.79. The second-order valence-electron chi connectivity index (χ2n) is 6.11. The summed E-state index contributed by atoms with van der Waals surface area (Å²) in [5.41, 5.74) is 1.10. The molecule has 118 valence electrons. The average molecular weight is 303 g/mol. The smallest absolute Gasteiger partial charge is 0.326 e. The molecule has 1 aromatic rings. The van der Waals surface area contributed by atoms with Crippen LogP contribution < -0.4 is 4.74 Å². The molecule has 0 bridgehead atoms. The Labute approximate surface area is 129 Å². The van der Waals surface area contributed by atoms with Crippen LogP contribution in [0.15, 0.2) is 24.3 Å². The summed E-state index contributed by atoms with van der Waals surface area (Å²) in [7, 11) is 1.62. The molecular weight excluding hydrogens is 282 g/mol. The third-order valence-corrected chi connectivity index (χ3v) is 4.70. The van der Waals surface area contributed by atoms with Gasteiger partial charge in [0.2, 0.25) is 5.91 Å². The van der Waals surface area contributed by atoms with E-state index in [0.717, 1.165) is 30.6 Å². The molecular formula is C17H21NO4. The molecule has 2 aliphatic rings. The number of benzene rings is 1. The summed E-state index contributed by atoms with van der Waals surface area (Å²) in [6.45, 7) is 0.567. The number of aliphatic carboxylic acids is 1. The maximum Gasteiger partial charge on any atom is 0.326 e. The summed E-state index contributed by atoms with van der Waals surface area (Å²) in [6.07, 6.45) is 3.14. The van der Waals surface area contributed by atoms with E-state index in [1.165, 1.54) is 0 Å². The van der Waals surface area contributed by atoms with Crippen molar-refractivity contribution in [3.63, 3.8) is 0 Å². The van der Waals surface area contributed by atoms with Gasteiger partial charge in [-0.15, -0.1) is 0 Å². The Morgan fingerprint density at radius 2 is 2.14 bits per heavy atom. The SMILES string of the molecule is COc1cccc([C@@H]2C[C@H]2C(=O)N2CCCC[C@H]2C(=O)O)c1. The van der Waals surface area contributed by atoms with Crippen LogP contribution in [-0.4, -0.2) is 41.6 Å². The number of likely N-dealkylation sites (tertiary alicyclic amines) is 1. The molecule has 5 heteroatoms. The second kappa shape index (κ2) is 5.99. The quantitative estimate of drug-likeness (QED) is 0.926. The number of rotatable bonds is 4. The third kappa shape index (κ3) is 2.80. The lowest BCUT2D eigenvalue weighted by atomic mass is 10.0. The minimum absolute atomic E-state index is 0.0000742. The molecule has 22 heavy (non-hydrogen) atoms. The topological polar surface area (TPSA) is 66.8 Å². The number of carboxylic acid groups (broad SMARTS) is 1. The molecule has 3 atom stereocenters. The van der Waals surface area contributed by atoms with Crippen LogP contribution >= 0.6 is 0 Å². The maximum absolute atomic E-state index is 12.6. The summed E-state index contributed by atoms with van der Waals surface area (Å²) in [5, 5.41) is 9.30. The van der Waals surface area contributed by atoms with Gasteiger partial charge in [-0.25, -0.2) is 4.79 Å². The van der Waals surface area contributed by atoms with Gasteiger partial charge in [-0.1, -0.05) is 12.1 Å². The number of carbonyl (C=O) groups excluding carboxylic acids is 1. The van der Waals surface area contributed by atoms with Gasteiger partial charge in [0.1, 0.15) is 11.8 Å². The van der Waals surface area contributed by atoms with E-state index in [4.69, 9.17) is 4.74 Å². The van der Waals surface area contributed by atoms with Crippen molar-refractivity contribution in [3.05, 3.63) is 29.8 Å². The van der Waals surface area contributed by atoms with E-state index in [0.29, 0.717) is 13.0 Å². The maximum atomic E-state index is 12.6. The Bertz CT molecular complexity index is 586. The fourth-order valence-electron chi connectivity index (χ4n) is 3.37. The number of ether oxygens (including phenoxy) is 1. The number of hydrogen-bond acceptors (Lipinski definition) is 3. The summed E-state index contributed by atoms with van der Waals surface area (Å²) in [4.78, 5) is 25.6. The minimum Gasteiger partial charge on any atom is -0.497 e. The number of hydrogen-bond donors (Lipinski definition) is 1. The van der Waals surface area contributed by atoms with Crippen LogP contribution in [0, 0.1) is 5.92 Å². The summed E-state index contributed by atoms with van der Waals surface area (Å²) >= 11 is 0. The molecule has 1 amide bonds. The monoisotopic (exact) mass is 303 g/mol. The lowest BCUT2D eigenvalue weighted by Gasteiger charge is -2.33. The van der Waals surface area contributed by atoms with Crippen LogP contribution in [0.5, 0.6) is 5.75 Å². The molecule has 2 fully saturated rings. The zero-order valence-corrected chi connectivity index (χ0v) is 12.7. The minimum atomic E-state index is -0.883. The van der Waals surface area contributed by atoms with Gasteiger partial charge in [0.25, 0.3) is 0 Å². The standard InChI is InChI=1S/C17H21NO4/c1-22-12-6-4-5-11(9-12)13-10-14(13)16(19)18-8-3-2-7-15(18)17(20)21/h4-6,9,13-15H,2-3,7-8,10H2,1H3,(H,20,21)/t13-,14+,15-/m0/s1. The number of methoxy groups -OCH3 is 1. The van der Waals surface area contributed by atoms with Crippen molar-refractivity contribution in [1.82, 2.24) is 4.90 Å². The van der Waals surface area contributed by atoms with Gasteiger partial charge in [-0.05, 0) is 49.3 Å². The van der Waals surface area contributed by atoms with Crippen LogP contribution in [0.1, 0.15) is 37.2 Å². The molecule has 1 aliphatic heterocycles. The van der Waals surface area contributed by atoms with Gasteiger partial charge in [0.05, 0.1) is 7.11 Å². The van der Waals surface area contributed by atoms with Gasteiger partial charge < -0.3 is 14.7 Å². The normalized spacial score (nSPS) is 27.3. The fraction of sp³-hybridized carbons (Fsp3) is 0.529. The van der Waals surface area contributed by atoms with Gasteiger partial charge in [0, 0.05) is 12.5 Å². The molecule has 3 rings (SSSR count). The number of carbonyl (C=O) groups is 2. The van der Waals surface area contributed by atoms with E-state index < -0.39 is 12.0 Å². The first kappa shape index (κ1) is 14.9. The largest absolute Gasteiger partial charge is 0.497 e. The van der Waals surface area contributed by atoms with E-state index in [9.17, 15) is 14.7 Å². The Morgan fingerprint density at radius 1 is 1.32 bits per heavy atom. The van der Waals surface area contributed by atoms with E-state index in [-0.39, 0.29) is 17.7 Å². The van der Waals surface area contributed by atoms with Crippen molar-refractivity contribution in [2.75, 3.05) is 13.7 Å². The predicted molar refractivity (Wildman–Crippen MR) is 80.8 cm³/mol. The Balaban J connectivity index is 1.70. The van der Waals surface area contributed by atoms with Crippen molar-refractivity contribution < 1.29 is 19.4 Å². The highest BCUT2D eigenvalue weighted by molar-refractivity contribution is 5.87. The highest BCUT2D eigenvalue weighted by Crippen LogP contribution is 2.49. The van der Waals surface area contributed by atoms with E-state index in [2.05, 4.69) is 0 Å². The zero-order chi connectivity index (χ0) is 15.7. The van der Waals surface area contributed by atoms with Gasteiger partial charge >= 0.3 is 5.97 Å². The van der Waals surface area contributed by atoms with Crippen LogP contribution in [0.25, 0.3) is 0 Å². The van der Waals surface area contributed by atoms with Crippen molar-refractivity contribution in [2.24, 2.45) is 5.92 Å². The van der Waals surface area contributed by atoms with Crippen LogP contribution in [0.2, 0.25) is 0 Å². The van der Waals surface area contributed by atoms with Gasteiger partial charge in [-0.3, -0.25) is 4.79 Å². The van der Waals surface area contributed by atoms with Crippen molar-refractivity contribution in [2.45, 2.75) is 37.6 Å². The molecule has 1 aromatic carbocycles. The molecule has 0 spiro atoms. The fourth-order valence-corrected chi connectivity index (χ4v) is 3.37. The Hall–Kier alpha value is -2.04. The van der Waals surface area contributed by atoms with E-state index in [1.807, 2.05) is 24.3 Å². The molecule has 0 unspecified atom stereocenters. The number of carboxylic acids is 1. The molecule has 0 radical (unpaired) electrons. The molecule has 1 N–H and O–H groups in total. The average Bonchev–Trinajstić information content (AvgIpc) is 3.35. The van der Waals surface area contributed by atoms with Crippen LogP contribution in [0.4, 0.5) is 0 Å².